The van der Waals surface area contributed by atoms with E-state index >= 15 is 0 Å². The number of halogens is 1. The third-order valence-corrected chi connectivity index (χ3v) is 4.28. The van der Waals surface area contributed by atoms with Gasteiger partial charge in [0, 0.05) is 49.4 Å². The minimum atomic E-state index is -0.348. The number of likely N-dealkylation sites (tertiary alicyclic amines) is 1. The number of anilines is 2. The van der Waals surface area contributed by atoms with Crippen LogP contribution in [0, 0.1) is 5.82 Å². The van der Waals surface area contributed by atoms with Crippen LogP contribution in [0.15, 0.2) is 43.1 Å². The fourth-order valence-corrected chi connectivity index (χ4v) is 3.08. The quantitative estimate of drug-likeness (QED) is 0.743. The van der Waals surface area contributed by atoms with Gasteiger partial charge in [0.25, 0.3) is 0 Å². The highest BCUT2D eigenvalue weighted by molar-refractivity contribution is 5.47. The van der Waals surface area contributed by atoms with Crippen LogP contribution in [0.4, 0.5) is 16.2 Å². The molecule has 0 aromatic carbocycles. The van der Waals surface area contributed by atoms with Gasteiger partial charge >= 0.3 is 0 Å². The van der Waals surface area contributed by atoms with Crippen LogP contribution in [0.3, 0.4) is 0 Å². The first-order chi connectivity index (χ1) is 12.3. The van der Waals surface area contributed by atoms with E-state index in [0.717, 1.165) is 37.4 Å². The SMILES string of the molecule is Fc1ccnc(Nc2nccc([C@H]3CCN(Cc4cnc[nH]4)C3)n2)c1. The van der Waals surface area contributed by atoms with Gasteiger partial charge in [-0.1, -0.05) is 0 Å². The van der Waals surface area contributed by atoms with Crippen molar-refractivity contribution < 1.29 is 4.39 Å². The number of pyridine rings is 1. The Morgan fingerprint density at radius 1 is 1.28 bits per heavy atom. The average molecular weight is 339 g/mol. The molecule has 0 spiro atoms. The van der Waals surface area contributed by atoms with Crippen molar-refractivity contribution in [3.8, 4) is 0 Å². The standard InChI is InChI=1S/C17H18FN7/c18-13-1-4-20-16(7-13)24-17-21-5-2-15(23-17)12-3-6-25(9-12)10-14-8-19-11-22-14/h1-2,4-5,7-8,11-12H,3,6,9-10H2,(H,19,22)(H,20,21,23,24)/t12-/m0/s1. The van der Waals surface area contributed by atoms with Crippen molar-refractivity contribution in [2.24, 2.45) is 0 Å². The Morgan fingerprint density at radius 3 is 3.04 bits per heavy atom. The van der Waals surface area contributed by atoms with Gasteiger partial charge in [-0.2, -0.15) is 0 Å². The second kappa shape index (κ2) is 6.94. The van der Waals surface area contributed by atoms with Gasteiger partial charge in [0.2, 0.25) is 5.95 Å². The molecule has 1 aliphatic rings. The van der Waals surface area contributed by atoms with Gasteiger partial charge in [-0.25, -0.2) is 24.3 Å². The van der Waals surface area contributed by atoms with Crippen molar-refractivity contribution >= 4 is 11.8 Å². The summed E-state index contributed by atoms with van der Waals surface area (Å²) in [6.45, 7) is 2.81. The normalized spacial score (nSPS) is 17.7. The Hall–Kier alpha value is -2.87. The molecule has 4 rings (SSSR count). The van der Waals surface area contributed by atoms with Gasteiger partial charge in [-0.15, -0.1) is 0 Å². The van der Waals surface area contributed by atoms with E-state index in [1.54, 1.807) is 12.5 Å². The van der Waals surface area contributed by atoms with E-state index in [-0.39, 0.29) is 5.82 Å². The molecule has 1 aliphatic heterocycles. The van der Waals surface area contributed by atoms with Gasteiger partial charge in [0.15, 0.2) is 0 Å². The van der Waals surface area contributed by atoms with Crippen molar-refractivity contribution in [3.05, 3.63) is 60.3 Å². The highest BCUT2D eigenvalue weighted by Gasteiger charge is 2.25. The van der Waals surface area contributed by atoms with Crippen molar-refractivity contribution in [2.45, 2.75) is 18.9 Å². The molecular formula is C17H18FN7. The smallest absolute Gasteiger partial charge is 0.228 e. The number of nitrogens with zero attached hydrogens (tertiary/aromatic N) is 5. The molecule has 3 aromatic heterocycles. The molecule has 1 saturated heterocycles. The summed E-state index contributed by atoms with van der Waals surface area (Å²) >= 11 is 0. The molecule has 4 heterocycles. The Kier molecular flexibility index (Phi) is 4.34. The number of hydrogen-bond donors (Lipinski definition) is 2. The van der Waals surface area contributed by atoms with Crippen molar-refractivity contribution in [2.75, 3.05) is 18.4 Å². The number of rotatable bonds is 5. The molecule has 0 aliphatic carbocycles. The summed E-state index contributed by atoms with van der Waals surface area (Å²) in [6, 6.07) is 4.56. The molecule has 0 radical (unpaired) electrons. The summed E-state index contributed by atoms with van der Waals surface area (Å²) in [4.78, 5) is 22.4. The number of aromatic nitrogens is 5. The molecule has 1 atom stereocenters. The second-order valence-corrected chi connectivity index (χ2v) is 6.09. The fourth-order valence-electron chi connectivity index (χ4n) is 3.08. The summed E-state index contributed by atoms with van der Waals surface area (Å²) in [5, 5.41) is 2.96. The first-order valence-corrected chi connectivity index (χ1v) is 8.17. The Balaban J connectivity index is 1.43. The first kappa shape index (κ1) is 15.6. The molecule has 3 aromatic rings. The van der Waals surface area contributed by atoms with Gasteiger partial charge < -0.3 is 10.3 Å². The summed E-state index contributed by atoms with van der Waals surface area (Å²) in [6.07, 6.45) is 7.73. The van der Waals surface area contributed by atoms with E-state index < -0.39 is 0 Å². The van der Waals surface area contributed by atoms with Crippen LogP contribution in [0.2, 0.25) is 0 Å². The molecule has 0 bridgehead atoms. The van der Waals surface area contributed by atoms with Crippen molar-refractivity contribution in [1.82, 2.24) is 29.8 Å². The summed E-state index contributed by atoms with van der Waals surface area (Å²) in [7, 11) is 0. The molecule has 2 N–H and O–H groups in total. The van der Waals surface area contributed by atoms with Crippen LogP contribution in [0.5, 0.6) is 0 Å². The molecule has 0 amide bonds. The highest BCUT2D eigenvalue weighted by Crippen LogP contribution is 2.27. The molecule has 8 heteroatoms. The van der Waals surface area contributed by atoms with Gasteiger partial charge in [-0.3, -0.25) is 4.90 Å². The number of nitrogens with one attached hydrogen (secondary N) is 2. The molecule has 128 valence electrons. The first-order valence-electron chi connectivity index (χ1n) is 8.17. The number of H-pyrrole nitrogens is 1. The second-order valence-electron chi connectivity index (χ2n) is 6.09. The van der Waals surface area contributed by atoms with E-state index in [0.29, 0.717) is 17.7 Å². The van der Waals surface area contributed by atoms with Crippen LogP contribution in [0.25, 0.3) is 0 Å². The lowest BCUT2D eigenvalue weighted by molar-refractivity contribution is 0.323. The highest BCUT2D eigenvalue weighted by atomic mass is 19.1. The third-order valence-electron chi connectivity index (χ3n) is 4.28. The molecule has 25 heavy (non-hydrogen) atoms. The van der Waals surface area contributed by atoms with Crippen LogP contribution >= 0.6 is 0 Å². The maximum absolute atomic E-state index is 13.3. The Bertz CT molecular complexity index is 837. The van der Waals surface area contributed by atoms with E-state index in [1.807, 2.05) is 12.3 Å². The van der Waals surface area contributed by atoms with Gasteiger partial charge in [0.1, 0.15) is 11.6 Å². The maximum Gasteiger partial charge on any atom is 0.228 e. The number of imidazole rings is 1. The third kappa shape index (κ3) is 3.80. The Morgan fingerprint density at radius 2 is 2.20 bits per heavy atom. The minimum absolute atomic E-state index is 0.348. The van der Waals surface area contributed by atoms with E-state index in [2.05, 4.69) is 35.1 Å². The molecule has 1 fully saturated rings. The molecular weight excluding hydrogens is 321 g/mol. The largest absolute Gasteiger partial charge is 0.347 e. The number of hydrogen-bond acceptors (Lipinski definition) is 6. The maximum atomic E-state index is 13.3. The monoisotopic (exact) mass is 339 g/mol. The fraction of sp³-hybridized carbons (Fsp3) is 0.294. The Labute approximate surface area is 144 Å². The lowest BCUT2D eigenvalue weighted by atomic mass is 10.1. The van der Waals surface area contributed by atoms with E-state index in [9.17, 15) is 4.39 Å². The predicted octanol–water partition coefficient (Wildman–Crippen LogP) is 2.47. The zero-order valence-electron chi connectivity index (χ0n) is 13.6. The van der Waals surface area contributed by atoms with Crippen LogP contribution in [0.1, 0.15) is 23.7 Å². The average Bonchev–Trinajstić information content (AvgIpc) is 3.28. The summed E-state index contributed by atoms with van der Waals surface area (Å²) < 4.78 is 13.3. The lowest BCUT2D eigenvalue weighted by Crippen LogP contribution is -2.20. The van der Waals surface area contributed by atoms with Crippen molar-refractivity contribution in [1.29, 1.82) is 0 Å². The van der Waals surface area contributed by atoms with Gasteiger partial charge in [0.05, 0.1) is 12.0 Å². The topological polar surface area (TPSA) is 82.6 Å². The zero-order chi connectivity index (χ0) is 17.1. The van der Waals surface area contributed by atoms with Crippen LogP contribution < -0.4 is 5.32 Å². The lowest BCUT2D eigenvalue weighted by Gasteiger charge is -2.15. The van der Waals surface area contributed by atoms with E-state index in [4.69, 9.17) is 0 Å². The molecule has 7 nitrogen and oxygen atoms in total. The van der Waals surface area contributed by atoms with Gasteiger partial charge in [-0.05, 0) is 25.1 Å². The molecule has 0 saturated carbocycles. The van der Waals surface area contributed by atoms with Crippen LogP contribution in [-0.2, 0) is 6.54 Å². The summed E-state index contributed by atoms with van der Waals surface area (Å²) in [5.41, 5.74) is 2.10. The summed E-state index contributed by atoms with van der Waals surface area (Å²) in [5.74, 6) is 0.831. The molecule has 0 unspecified atom stereocenters. The van der Waals surface area contributed by atoms with E-state index in [1.165, 1.54) is 18.3 Å². The zero-order valence-corrected chi connectivity index (χ0v) is 13.6. The number of aromatic amines is 1. The van der Waals surface area contributed by atoms with Crippen LogP contribution in [-0.4, -0.2) is 42.9 Å². The minimum Gasteiger partial charge on any atom is -0.347 e. The predicted molar refractivity (Wildman–Crippen MR) is 90.7 cm³/mol. The van der Waals surface area contributed by atoms with Crippen molar-refractivity contribution in [3.63, 3.8) is 0 Å².